The number of rotatable bonds is 21. The number of unbranched alkanes of at least 4 members (excludes halogenated alkanes) is 14. The second kappa shape index (κ2) is 19.4. The van der Waals surface area contributed by atoms with E-state index < -0.39 is 5.97 Å². The average molecular weight is 509 g/mol. The minimum atomic E-state index is -0.967. The highest BCUT2D eigenvalue weighted by atomic mass is 16.5. The van der Waals surface area contributed by atoms with E-state index in [1.165, 1.54) is 83.5 Å². The third-order valence-electron chi connectivity index (χ3n) is 6.68. The van der Waals surface area contributed by atoms with Crippen molar-refractivity contribution >= 4 is 16.7 Å². The van der Waals surface area contributed by atoms with Gasteiger partial charge in [0.15, 0.2) is 0 Å². The highest BCUT2D eigenvalue weighted by Crippen LogP contribution is 2.29. The van der Waals surface area contributed by atoms with Crippen LogP contribution in [0.15, 0.2) is 55.0 Å². The van der Waals surface area contributed by atoms with Crippen LogP contribution < -0.4 is 9.47 Å². The second-order valence-corrected chi connectivity index (χ2v) is 9.96. The minimum absolute atomic E-state index is 0.231. The maximum absolute atomic E-state index is 11.8. The molecule has 0 aliphatic rings. The molecule has 37 heavy (non-hydrogen) atoms. The summed E-state index contributed by atoms with van der Waals surface area (Å²) >= 11 is 0. The van der Waals surface area contributed by atoms with Crippen LogP contribution in [0, 0.1) is 0 Å². The Bertz CT molecular complexity index is 955. The van der Waals surface area contributed by atoms with E-state index in [1.807, 2.05) is 24.3 Å². The Labute approximate surface area is 224 Å². The summed E-state index contributed by atoms with van der Waals surface area (Å²) in [6.45, 7) is 4.48. The van der Waals surface area contributed by atoms with Crippen LogP contribution in [0.1, 0.15) is 127 Å². The van der Waals surface area contributed by atoms with Gasteiger partial charge in [-0.2, -0.15) is 0 Å². The van der Waals surface area contributed by atoms with E-state index in [4.69, 9.17) is 9.47 Å². The van der Waals surface area contributed by atoms with E-state index in [0.29, 0.717) is 16.9 Å². The Hall–Kier alpha value is -2.75. The molecule has 0 saturated carbocycles. The summed E-state index contributed by atoms with van der Waals surface area (Å²) < 4.78 is 11.6. The van der Waals surface area contributed by atoms with Crippen molar-refractivity contribution in [2.75, 3.05) is 0 Å². The molecule has 1 N–H and O–H groups in total. The summed E-state index contributed by atoms with van der Waals surface area (Å²) in [5.74, 6) is 0.240. The molecule has 2 aromatic rings. The van der Waals surface area contributed by atoms with Crippen LogP contribution in [0.2, 0.25) is 0 Å². The molecule has 0 spiro atoms. The zero-order chi connectivity index (χ0) is 26.6. The molecule has 204 valence electrons. The minimum Gasteiger partial charge on any atom is -0.478 e. The molecule has 4 nitrogen and oxygen atoms in total. The van der Waals surface area contributed by atoms with Gasteiger partial charge in [0.1, 0.15) is 11.5 Å². The second-order valence-electron chi connectivity index (χ2n) is 9.96. The van der Waals surface area contributed by atoms with Crippen LogP contribution in [-0.2, 0) is 0 Å². The van der Waals surface area contributed by atoms with Crippen molar-refractivity contribution in [1.82, 2.24) is 0 Å². The number of allylic oxidation sites excluding steroid dienone is 2. The first kappa shape index (κ1) is 30.5. The highest BCUT2D eigenvalue weighted by molar-refractivity contribution is 6.04. The van der Waals surface area contributed by atoms with Crippen LogP contribution in [-0.4, -0.2) is 11.1 Å². The molecule has 2 rings (SSSR count). The zero-order valence-electron chi connectivity index (χ0n) is 23.2. The first-order valence-electron chi connectivity index (χ1n) is 14.6. The fourth-order valence-corrected chi connectivity index (χ4v) is 4.47. The number of benzene rings is 2. The van der Waals surface area contributed by atoms with Crippen molar-refractivity contribution in [2.24, 2.45) is 0 Å². The van der Waals surface area contributed by atoms with Gasteiger partial charge in [-0.25, -0.2) is 4.79 Å². The molecule has 0 saturated heterocycles. The van der Waals surface area contributed by atoms with E-state index in [-0.39, 0.29) is 5.56 Å². The van der Waals surface area contributed by atoms with Gasteiger partial charge in [-0.05, 0) is 78.9 Å². The van der Waals surface area contributed by atoms with Gasteiger partial charge in [0.2, 0.25) is 0 Å². The Morgan fingerprint density at radius 2 is 1.16 bits per heavy atom. The van der Waals surface area contributed by atoms with E-state index in [9.17, 15) is 9.90 Å². The molecule has 0 radical (unpaired) electrons. The fourth-order valence-electron chi connectivity index (χ4n) is 4.47. The summed E-state index contributed by atoms with van der Waals surface area (Å²) in [6.07, 6.45) is 27.5. The first-order valence-corrected chi connectivity index (χ1v) is 14.6. The molecular weight excluding hydrogens is 460 g/mol. The summed E-state index contributed by atoms with van der Waals surface area (Å²) in [5.41, 5.74) is 0.231. The van der Waals surface area contributed by atoms with Crippen LogP contribution in [0.4, 0.5) is 0 Å². The molecule has 0 amide bonds. The smallest absolute Gasteiger partial charge is 0.336 e. The maximum Gasteiger partial charge on any atom is 0.336 e. The average Bonchev–Trinajstić information content (AvgIpc) is 2.90. The van der Waals surface area contributed by atoms with Gasteiger partial charge in [-0.15, -0.1) is 0 Å². The van der Waals surface area contributed by atoms with Crippen molar-refractivity contribution < 1.29 is 19.4 Å². The molecule has 0 aliphatic heterocycles. The predicted octanol–water partition coefficient (Wildman–Crippen LogP) is 10.6. The highest BCUT2D eigenvalue weighted by Gasteiger charge is 2.12. The first-order chi connectivity index (χ1) is 18.2. The molecule has 0 aliphatic carbocycles. The van der Waals surface area contributed by atoms with Gasteiger partial charge in [-0.3, -0.25) is 0 Å². The number of carbonyl (C=O) groups is 1. The van der Waals surface area contributed by atoms with Crippen LogP contribution in [0.3, 0.4) is 0 Å². The molecule has 0 atom stereocenters. The number of hydrogen-bond donors (Lipinski definition) is 1. The lowest BCUT2D eigenvalue weighted by Crippen LogP contribution is -1.98. The van der Waals surface area contributed by atoms with Crippen LogP contribution >= 0.6 is 0 Å². The monoisotopic (exact) mass is 508 g/mol. The van der Waals surface area contributed by atoms with Gasteiger partial charge in [-0.1, -0.05) is 90.9 Å². The number of hydrogen-bond acceptors (Lipinski definition) is 3. The molecule has 2 aromatic carbocycles. The van der Waals surface area contributed by atoms with Crippen molar-refractivity contribution in [2.45, 2.75) is 117 Å². The maximum atomic E-state index is 11.8. The van der Waals surface area contributed by atoms with E-state index in [0.717, 1.165) is 24.6 Å². The summed E-state index contributed by atoms with van der Waals surface area (Å²) in [6, 6.07) is 8.95. The van der Waals surface area contributed by atoms with Gasteiger partial charge in [0.25, 0.3) is 0 Å². The van der Waals surface area contributed by atoms with Crippen molar-refractivity contribution in [3.8, 4) is 11.5 Å². The Morgan fingerprint density at radius 3 is 1.70 bits per heavy atom. The van der Waals surface area contributed by atoms with Crippen molar-refractivity contribution in [1.29, 1.82) is 0 Å². The molecular formula is C33H48O4. The molecule has 0 unspecified atom stereocenters. The van der Waals surface area contributed by atoms with Crippen molar-refractivity contribution in [3.63, 3.8) is 0 Å². The SMILES string of the molecule is CCCCCCCCCC=COc1ccc2c(C(=O)O)cc(OC=CCCCCCCCCC)cc2c1. The van der Waals surface area contributed by atoms with E-state index >= 15 is 0 Å². The largest absolute Gasteiger partial charge is 0.478 e. The van der Waals surface area contributed by atoms with Gasteiger partial charge in [0, 0.05) is 0 Å². The number of carboxylic acids is 1. The number of ether oxygens (including phenoxy) is 2. The topological polar surface area (TPSA) is 55.8 Å². The molecule has 0 heterocycles. The molecule has 0 aromatic heterocycles. The number of carboxylic acid groups (broad SMARTS) is 1. The quantitative estimate of drug-likeness (QED) is 0.135. The third kappa shape index (κ3) is 12.9. The summed E-state index contributed by atoms with van der Waals surface area (Å²) in [5, 5.41) is 11.2. The molecule has 0 bridgehead atoms. The summed E-state index contributed by atoms with van der Waals surface area (Å²) in [4.78, 5) is 11.8. The lowest BCUT2D eigenvalue weighted by Gasteiger charge is -2.09. The predicted molar refractivity (Wildman–Crippen MR) is 156 cm³/mol. The van der Waals surface area contributed by atoms with E-state index in [1.54, 1.807) is 24.7 Å². The van der Waals surface area contributed by atoms with Gasteiger partial charge >= 0.3 is 5.97 Å². The van der Waals surface area contributed by atoms with E-state index in [2.05, 4.69) is 19.9 Å². The summed E-state index contributed by atoms with van der Waals surface area (Å²) in [7, 11) is 0. The number of fused-ring (bicyclic) bond motifs is 1. The number of aromatic carboxylic acids is 1. The van der Waals surface area contributed by atoms with Gasteiger partial charge in [0.05, 0.1) is 18.1 Å². The Kier molecular flexibility index (Phi) is 16.0. The normalized spacial score (nSPS) is 11.6. The van der Waals surface area contributed by atoms with Gasteiger partial charge < -0.3 is 14.6 Å². The van der Waals surface area contributed by atoms with Crippen molar-refractivity contribution in [3.05, 3.63) is 60.6 Å². The molecule has 4 heteroatoms. The lowest BCUT2D eigenvalue weighted by atomic mass is 10.0. The fraction of sp³-hybridized carbons (Fsp3) is 0.545. The third-order valence-corrected chi connectivity index (χ3v) is 6.68. The van der Waals surface area contributed by atoms with Crippen LogP contribution in [0.25, 0.3) is 10.8 Å². The van der Waals surface area contributed by atoms with Crippen LogP contribution in [0.5, 0.6) is 11.5 Å². The Balaban J connectivity index is 1.84. The zero-order valence-corrected chi connectivity index (χ0v) is 23.2. The molecule has 0 fully saturated rings. The Morgan fingerprint density at radius 1 is 0.676 bits per heavy atom. The standard InChI is InChI=1S/C33H48O4/c1-3-5-7-9-11-13-15-17-19-23-36-29-21-22-31-28(25-29)26-30(27-32(31)33(34)35)37-24-20-18-16-14-12-10-8-6-4-2/h19-27H,3-18H2,1-2H3,(H,34,35). The lowest BCUT2D eigenvalue weighted by molar-refractivity contribution is 0.0698.